The maximum Gasteiger partial charge on any atom is 0.273 e. The molecule has 0 bridgehead atoms. The van der Waals surface area contributed by atoms with Crippen LogP contribution in [-0.4, -0.2) is 61.5 Å². The van der Waals surface area contributed by atoms with Crippen molar-refractivity contribution in [3.8, 4) is 17.1 Å². The summed E-state index contributed by atoms with van der Waals surface area (Å²) in [6.07, 6.45) is 0. The Morgan fingerprint density at radius 2 is 2.04 bits per heavy atom. The van der Waals surface area contributed by atoms with Crippen LogP contribution in [0.1, 0.15) is 24.3 Å². The van der Waals surface area contributed by atoms with E-state index < -0.39 is 0 Å². The Balaban J connectivity index is 1.55. The summed E-state index contributed by atoms with van der Waals surface area (Å²) in [5.41, 5.74) is 1.13. The van der Waals surface area contributed by atoms with Gasteiger partial charge in [0.1, 0.15) is 5.75 Å². The Labute approximate surface area is 153 Å². The summed E-state index contributed by atoms with van der Waals surface area (Å²) in [6.45, 7) is 8.49. The zero-order chi connectivity index (χ0) is 18.4. The highest BCUT2D eigenvalue weighted by Crippen LogP contribution is 2.23. The van der Waals surface area contributed by atoms with E-state index in [1.165, 1.54) is 0 Å². The predicted octanol–water partition coefficient (Wildman–Crippen LogP) is 2.19. The number of hydrogen-bond donors (Lipinski definition) is 1. The molecule has 1 aliphatic rings. The molecule has 0 aliphatic carbocycles. The number of morpholine rings is 1. The smallest absolute Gasteiger partial charge is 0.273 e. The molecule has 0 saturated carbocycles. The van der Waals surface area contributed by atoms with E-state index in [-0.39, 0.29) is 17.6 Å². The van der Waals surface area contributed by atoms with Gasteiger partial charge in [0.25, 0.3) is 5.91 Å². The number of aromatic nitrogens is 1. The molecular weight excluding hydrogens is 334 g/mol. The van der Waals surface area contributed by atoms with E-state index >= 15 is 0 Å². The normalized spacial score (nSPS) is 16.2. The first-order valence-electron chi connectivity index (χ1n) is 8.97. The third kappa shape index (κ3) is 4.62. The minimum Gasteiger partial charge on any atom is -0.494 e. The maximum atomic E-state index is 12.3. The van der Waals surface area contributed by atoms with Gasteiger partial charge in [-0.05, 0) is 38.1 Å². The number of hydrogen-bond acceptors (Lipinski definition) is 6. The van der Waals surface area contributed by atoms with E-state index in [1.54, 1.807) is 6.07 Å². The average Bonchev–Trinajstić information content (AvgIpc) is 3.18. The third-order valence-corrected chi connectivity index (χ3v) is 4.42. The minimum absolute atomic E-state index is 0.231. The Morgan fingerprint density at radius 3 is 2.73 bits per heavy atom. The topological polar surface area (TPSA) is 76.8 Å². The summed E-state index contributed by atoms with van der Waals surface area (Å²) in [6, 6.07) is 9.41. The highest BCUT2D eigenvalue weighted by atomic mass is 16.5. The molecule has 0 radical (unpaired) electrons. The van der Waals surface area contributed by atoms with Crippen molar-refractivity contribution in [3.05, 3.63) is 36.0 Å². The van der Waals surface area contributed by atoms with Gasteiger partial charge in [-0.1, -0.05) is 5.16 Å². The largest absolute Gasteiger partial charge is 0.494 e. The molecule has 1 saturated heterocycles. The van der Waals surface area contributed by atoms with Crippen molar-refractivity contribution in [1.29, 1.82) is 0 Å². The third-order valence-electron chi connectivity index (χ3n) is 4.42. The van der Waals surface area contributed by atoms with Gasteiger partial charge in [-0.2, -0.15) is 0 Å². The zero-order valence-electron chi connectivity index (χ0n) is 15.2. The number of rotatable bonds is 7. The highest BCUT2D eigenvalue weighted by molar-refractivity contribution is 5.93. The van der Waals surface area contributed by atoms with Crippen LogP contribution < -0.4 is 10.1 Å². The molecule has 1 aliphatic heterocycles. The maximum absolute atomic E-state index is 12.3. The second-order valence-corrected chi connectivity index (χ2v) is 6.24. The van der Waals surface area contributed by atoms with Crippen LogP contribution in [0.3, 0.4) is 0 Å². The standard InChI is InChI=1S/C19H25N3O4/c1-3-25-16-6-4-15(5-7-16)18-12-17(21-26-18)19(23)20-13-14(2)22-8-10-24-11-9-22/h4-7,12,14H,3,8-11,13H2,1-2H3,(H,20,23)/t14-/m0/s1. The molecule has 1 aromatic carbocycles. The lowest BCUT2D eigenvalue weighted by Gasteiger charge is -2.32. The highest BCUT2D eigenvalue weighted by Gasteiger charge is 2.19. The lowest BCUT2D eigenvalue weighted by Crippen LogP contribution is -2.47. The van der Waals surface area contributed by atoms with E-state index in [0.29, 0.717) is 18.9 Å². The molecule has 1 fully saturated rings. The van der Waals surface area contributed by atoms with Crippen LogP contribution in [-0.2, 0) is 4.74 Å². The van der Waals surface area contributed by atoms with Crippen molar-refractivity contribution in [1.82, 2.24) is 15.4 Å². The van der Waals surface area contributed by atoms with Gasteiger partial charge in [0, 0.05) is 37.3 Å². The molecule has 1 N–H and O–H groups in total. The van der Waals surface area contributed by atoms with E-state index in [0.717, 1.165) is 37.6 Å². The second-order valence-electron chi connectivity index (χ2n) is 6.24. The molecule has 140 valence electrons. The van der Waals surface area contributed by atoms with Crippen molar-refractivity contribution in [2.75, 3.05) is 39.5 Å². The molecule has 1 atom stereocenters. The predicted molar refractivity (Wildman–Crippen MR) is 97.3 cm³/mol. The monoisotopic (exact) mass is 359 g/mol. The van der Waals surface area contributed by atoms with Gasteiger partial charge in [0.2, 0.25) is 0 Å². The van der Waals surface area contributed by atoms with Gasteiger partial charge in [0.15, 0.2) is 11.5 Å². The number of benzene rings is 1. The van der Waals surface area contributed by atoms with E-state index in [2.05, 4.69) is 22.3 Å². The fraction of sp³-hybridized carbons (Fsp3) is 0.474. The summed E-state index contributed by atoms with van der Waals surface area (Å²) in [4.78, 5) is 14.6. The van der Waals surface area contributed by atoms with Gasteiger partial charge >= 0.3 is 0 Å². The van der Waals surface area contributed by atoms with Crippen molar-refractivity contribution in [2.45, 2.75) is 19.9 Å². The zero-order valence-corrected chi connectivity index (χ0v) is 15.2. The van der Waals surface area contributed by atoms with Crippen molar-refractivity contribution in [2.24, 2.45) is 0 Å². The van der Waals surface area contributed by atoms with Crippen LogP contribution in [0.4, 0.5) is 0 Å². The van der Waals surface area contributed by atoms with Crippen LogP contribution in [0.2, 0.25) is 0 Å². The number of nitrogens with zero attached hydrogens (tertiary/aromatic N) is 2. The lowest BCUT2D eigenvalue weighted by molar-refractivity contribution is 0.0204. The first-order chi connectivity index (χ1) is 12.7. The number of carbonyl (C=O) groups is 1. The van der Waals surface area contributed by atoms with E-state index in [4.69, 9.17) is 14.0 Å². The van der Waals surface area contributed by atoms with Crippen LogP contribution in [0.5, 0.6) is 5.75 Å². The molecule has 2 aromatic rings. The molecule has 7 nitrogen and oxygen atoms in total. The van der Waals surface area contributed by atoms with Gasteiger partial charge in [-0.25, -0.2) is 0 Å². The SMILES string of the molecule is CCOc1ccc(-c2cc(C(=O)NC[C@H](C)N3CCOCC3)no2)cc1. The van der Waals surface area contributed by atoms with Gasteiger partial charge in [-0.3, -0.25) is 9.69 Å². The van der Waals surface area contributed by atoms with Gasteiger partial charge in [-0.15, -0.1) is 0 Å². The summed E-state index contributed by atoms with van der Waals surface area (Å²) in [5, 5.41) is 6.81. The Bertz CT molecular complexity index is 708. The average molecular weight is 359 g/mol. The van der Waals surface area contributed by atoms with Gasteiger partial charge < -0.3 is 19.3 Å². The second kappa shape index (κ2) is 8.82. The van der Waals surface area contributed by atoms with Gasteiger partial charge in [0.05, 0.1) is 19.8 Å². The quantitative estimate of drug-likeness (QED) is 0.817. The summed E-state index contributed by atoms with van der Waals surface area (Å²) in [7, 11) is 0. The number of ether oxygens (including phenoxy) is 2. The molecule has 3 rings (SSSR count). The molecular formula is C19H25N3O4. The van der Waals surface area contributed by atoms with E-state index in [9.17, 15) is 4.79 Å². The van der Waals surface area contributed by atoms with Crippen molar-refractivity contribution < 1.29 is 18.8 Å². The fourth-order valence-electron chi connectivity index (χ4n) is 2.88. The fourth-order valence-corrected chi connectivity index (χ4v) is 2.88. The molecule has 0 spiro atoms. The first-order valence-corrected chi connectivity index (χ1v) is 8.97. The number of nitrogens with one attached hydrogen (secondary N) is 1. The van der Waals surface area contributed by atoms with Crippen molar-refractivity contribution >= 4 is 5.91 Å². The van der Waals surface area contributed by atoms with Crippen LogP contribution >= 0.6 is 0 Å². The Kier molecular flexibility index (Phi) is 6.25. The molecule has 2 heterocycles. The van der Waals surface area contributed by atoms with Crippen LogP contribution in [0.15, 0.2) is 34.9 Å². The number of carbonyl (C=O) groups excluding carboxylic acids is 1. The number of amides is 1. The Hall–Kier alpha value is -2.38. The molecule has 1 aromatic heterocycles. The summed E-state index contributed by atoms with van der Waals surface area (Å²) in [5.74, 6) is 1.12. The summed E-state index contributed by atoms with van der Waals surface area (Å²) >= 11 is 0. The van der Waals surface area contributed by atoms with Crippen LogP contribution in [0.25, 0.3) is 11.3 Å². The molecule has 26 heavy (non-hydrogen) atoms. The minimum atomic E-state index is -0.231. The Morgan fingerprint density at radius 1 is 1.31 bits per heavy atom. The first kappa shape index (κ1) is 18.4. The van der Waals surface area contributed by atoms with Crippen LogP contribution in [0, 0.1) is 0 Å². The summed E-state index contributed by atoms with van der Waals surface area (Å²) < 4.78 is 16.1. The van der Waals surface area contributed by atoms with Crippen molar-refractivity contribution in [3.63, 3.8) is 0 Å². The van der Waals surface area contributed by atoms with E-state index in [1.807, 2.05) is 31.2 Å². The molecule has 1 amide bonds. The lowest BCUT2D eigenvalue weighted by atomic mass is 10.1. The molecule has 0 unspecified atom stereocenters. The molecule has 7 heteroatoms.